The first-order valence-corrected chi connectivity index (χ1v) is 8.43. The van der Waals surface area contributed by atoms with Crippen molar-refractivity contribution in [2.75, 3.05) is 5.32 Å². The number of aromatic nitrogens is 2. The molecule has 2 aliphatic rings. The van der Waals surface area contributed by atoms with Crippen molar-refractivity contribution in [3.63, 3.8) is 0 Å². The lowest BCUT2D eigenvalue weighted by Crippen LogP contribution is -2.23. The summed E-state index contributed by atoms with van der Waals surface area (Å²) < 4.78 is 16.5. The van der Waals surface area contributed by atoms with Gasteiger partial charge in [-0.2, -0.15) is 5.10 Å². The van der Waals surface area contributed by atoms with Crippen LogP contribution in [-0.4, -0.2) is 15.7 Å². The predicted octanol–water partition coefficient (Wildman–Crippen LogP) is 3.61. The molecule has 1 fully saturated rings. The summed E-state index contributed by atoms with van der Waals surface area (Å²) in [5, 5.41) is 8.59. The van der Waals surface area contributed by atoms with Crippen molar-refractivity contribution in [1.29, 1.82) is 0 Å². The number of halogens is 2. The van der Waals surface area contributed by atoms with Gasteiger partial charge in [0.25, 0.3) is 0 Å². The lowest BCUT2D eigenvalue weighted by atomic mass is 9.96. The molecule has 4 nitrogen and oxygen atoms in total. The summed E-state index contributed by atoms with van der Waals surface area (Å²) in [4.78, 5) is 12.6. The maximum Gasteiger partial charge on any atom is 0.237 e. The average Bonchev–Trinajstić information content (AvgIpc) is 3.13. The molecule has 2 heterocycles. The molecule has 2 aromatic carbocycles. The molecular formula is C17H11FIN3O. The summed E-state index contributed by atoms with van der Waals surface area (Å²) in [5.74, 6) is -0.372. The summed E-state index contributed by atoms with van der Waals surface area (Å²) in [5.41, 5.74) is 1.79. The molecule has 2 atom stereocenters. The molecule has 1 spiro atoms. The number of nitrogens with one attached hydrogen (secondary N) is 1. The van der Waals surface area contributed by atoms with Gasteiger partial charge in [0.1, 0.15) is 14.9 Å². The Balaban J connectivity index is 1.69. The molecule has 6 heteroatoms. The van der Waals surface area contributed by atoms with Crippen molar-refractivity contribution >= 4 is 45.1 Å². The molecule has 23 heavy (non-hydrogen) atoms. The Labute approximate surface area is 144 Å². The fourth-order valence-corrected chi connectivity index (χ4v) is 4.40. The van der Waals surface area contributed by atoms with Crippen LogP contribution in [0.5, 0.6) is 0 Å². The van der Waals surface area contributed by atoms with Gasteiger partial charge in [-0.15, -0.1) is 0 Å². The van der Waals surface area contributed by atoms with E-state index in [0.29, 0.717) is 12.1 Å². The fourth-order valence-electron chi connectivity index (χ4n) is 3.71. The van der Waals surface area contributed by atoms with Crippen molar-refractivity contribution in [2.24, 2.45) is 0 Å². The van der Waals surface area contributed by atoms with Gasteiger partial charge in [0.05, 0.1) is 11.6 Å². The zero-order valence-electron chi connectivity index (χ0n) is 11.9. The van der Waals surface area contributed by atoms with Crippen LogP contribution in [0.2, 0.25) is 0 Å². The molecule has 1 aliphatic heterocycles. The summed E-state index contributed by atoms with van der Waals surface area (Å²) in [6.45, 7) is 0. The Bertz CT molecular complexity index is 999. The molecule has 1 N–H and O–H groups in total. The highest BCUT2D eigenvalue weighted by molar-refractivity contribution is 14.1. The molecule has 1 amide bonds. The molecule has 0 saturated heterocycles. The first-order valence-electron chi connectivity index (χ1n) is 7.35. The first kappa shape index (κ1) is 13.5. The summed E-state index contributed by atoms with van der Waals surface area (Å²) >= 11 is 2.21. The van der Waals surface area contributed by atoms with E-state index in [9.17, 15) is 9.18 Å². The Kier molecular flexibility index (Phi) is 2.53. The van der Waals surface area contributed by atoms with Gasteiger partial charge in [0.15, 0.2) is 0 Å². The number of nitrogens with zero attached hydrogens (tertiary/aromatic N) is 2. The monoisotopic (exact) mass is 419 g/mol. The van der Waals surface area contributed by atoms with E-state index in [4.69, 9.17) is 0 Å². The van der Waals surface area contributed by atoms with Crippen LogP contribution >= 0.6 is 22.6 Å². The number of hydrogen-bond donors (Lipinski definition) is 1. The number of carbonyl (C=O) groups excluding carboxylic acids is 1. The molecule has 0 radical (unpaired) electrons. The smallest absolute Gasteiger partial charge is 0.237 e. The van der Waals surface area contributed by atoms with E-state index in [1.807, 2.05) is 28.9 Å². The zero-order valence-corrected chi connectivity index (χ0v) is 14.0. The highest BCUT2D eigenvalue weighted by Gasteiger charge is 2.66. The van der Waals surface area contributed by atoms with Gasteiger partial charge in [-0.25, -0.2) is 4.39 Å². The van der Waals surface area contributed by atoms with E-state index < -0.39 is 5.41 Å². The van der Waals surface area contributed by atoms with E-state index in [-0.39, 0.29) is 17.8 Å². The molecular weight excluding hydrogens is 408 g/mol. The number of amides is 1. The third-order valence-corrected chi connectivity index (χ3v) is 5.70. The van der Waals surface area contributed by atoms with Gasteiger partial charge >= 0.3 is 0 Å². The van der Waals surface area contributed by atoms with Gasteiger partial charge in [0, 0.05) is 11.1 Å². The highest BCUT2D eigenvalue weighted by atomic mass is 127. The maximum absolute atomic E-state index is 13.7. The quantitative estimate of drug-likeness (QED) is 0.613. The van der Waals surface area contributed by atoms with Gasteiger partial charge in [-0.3, -0.25) is 9.48 Å². The predicted molar refractivity (Wildman–Crippen MR) is 92.8 cm³/mol. The molecule has 1 aromatic heterocycles. The number of fused-ring (bicyclic) bond motifs is 3. The SMILES string of the molecule is O=C1Nc2ccc(F)cc2[C@@]12C[C@@H]2n1nc(I)c2ccccc21. The third-order valence-electron chi connectivity index (χ3n) is 4.90. The molecule has 0 unspecified atom stereocenters. The van der Waals surface area contributed by atoms with Crippen LogP contribution in [0.4, 0.5) is 10.1 Å². The number of hydrogen-bond acceptors (Lipinski definition) is 2. The minimum atomic E-state index is -0.685. The van der Waals surface area contributed by atoms with Gasteiger partial charge in [-0.1, -0.05) is 18.2 Å². The average molecular weight is 419 g/mol. The van der Waals surface area contributed by atoms with E-state index in [2.05, 4.69) is 33.0 Å². The molecule has 5 rings (SSSR count). The number of benzene rings is 2. The summed E-state index contributed by atoms with van der Waals surface area (Å²) in [7, 11) is 0. The van der Waals surface area contributed by atoms with Crippen LogP contribution in [0.15, 0.2) is 42.5 Å². The van der Waals surface area contributed by atoms with Crippen LogP contribution in [-0.2, 0) is 10.2 Å². The maximum atomic E-state index is 13.7. The molecule has 114 valence electrons. The largest absolute Gasteiger partial charge is 0.325 e. The lowest BCUT2D eigenvalue weighted by molar-refractivity contribution is -0.118. The minimum Gasteiger partial charge on any atom is -0.325 e. The second kappa shape index (κ2) is 4.31. The Morgan fingerprint density at radius 2 is 2.13 bits per heavy atom. The number of para-hydroxylation sites is 1. The van der Waals surface area contributed by atoms with Crippen molar-refractivity contribution < 1.29 is 9.18 Å². The number of rotatable bonds is 1. The second-order valence-electron chi connectivity index (χ2n) is 6.09. The number of anilines is 1. The van der Waals surface area contributed by atoms with Crippen LogP contribution in [0, 0.1) is 9.52 Å². The van der Waals surface area contributed by atoms with E-state index in [1.165, 1.54) is 12.1 Å². The van der Waals surface area contributed by atoms with Crippen molar-refractivity contribution in [3.8, 4) is 0 Å². The van der Waals surface area contributed by atoms with Gasteiger partial charge in [0.2, 0.25) is 5.91 Å². The van der Waals surface area contributed by atoms with Crippen LogP contribution in [0.3, 0.4) is 0 Å². The van der Waals surface area contributed by atoms with Crippen LogP contribution < -0.4 is 5.32 Å². The Hall–Kier alpha value is -1.96. The van der Waals surface area contributed by atoms with E-state index >= 15 is 0 Å². The van der Waals surface area contributed by atoms with Crippen molar-refractivity contribution in [3.05, 3.63) is 57.5 Å². The third kappa shape index (κ3) is 1.64. The Morgan fingerprint density at radius 1 is 1.30 bits per heavy atom. The lowest BCUT2D eigenvalue weighted by Gasteiger charge is -2.09. The topological polar surface area (TPSA) is 46.9 Å². The highest BCUT2D eigenvalue weighted by Crippen LogP contribution is 2.63. The number of carbonyl (C=O) groups is 1. The van der Waals surface area contributed by atoms with Crippen LogP contribution in [0.1, 0.15) is 18.0 Å². The fraction of sp³-hybridized carbons (Fsp3) is 0.176. The normalized spacial score (nSPS) is 25.0. The summed E-state index contributed by atoms with van der Waals surface area (Å²) in [6, 6.07) is 12.4. The summed E-state index contributed by atoms with van der Waals surface area (Å²) in [6.07, 6.45) is 0.650. The molecule has 1 saturated carbocycles. The molecule has 1 aliphatic carbocycles. The first-order chi connectivity index (χ1) is 11.1. The van der Waals surface area contributed by atoms with Crippen LogP contribution in [0.25, 0.3) is 10.9 Å². The Morgan fingerprint density at radius 3 is 3.00 bits per heavy atom. The standard InChI is InChI=1S/C17H11FIN3O/c18-9-5-6-12-11(7-9)17(16(23)20-12)8-14(17)22-13-4-2-1-3-10(13)15(19)21-22/h1-7,14H,8H2,(H,20,23)/t14-,17+/m0/s1. The minimum absolute atomic E-state index is 0.0577. The van der Waals surface area contributed by atoms with Crippen molar-refractivity contribution in [1.82, 2.24) is 9.78 Å². The van der Waals surface area contributed by atoms with Gasteiger partial charge in [-0.05, 0) is 58.8 Å². The molecule has 3 aromatic rings. The molecule has 0 bridgehead atoms. The van der Waals surface area contributed by atoms with Crippen molar-refractivity contribution in [2.45, 2.75) is 17.9 Å². The zero-order chi connectivity index (χ0) is 15.8. The van der Waals surface area contributed by atoms with E-state index in [1.54, 1.807) is 6.07 Å². The van der Waals surface area contributed by atoms with Gasteiger partial charge < -0.3 is 5.32 Å². The van der Waals surface area contributed by atoms with E-state index in [0.717, 1.165) is 20.2 Å². The second-order valence-corrected chi connectivity index (χ2v) is 7.11.